The number of halogens is 1. The number of aryl methyl sites for hydroxylation is 1. The summed E-state index contributed by atoms with van der Waals surface area (Å²) >= 11 is 3.37. The molecule has 3 N–H and O–H groups in total. The average Bonchev–Trinajstić information content (AvgIpc) is 2.80. The number of para-hydroxylation sites is 2. The van der Waals surface area contributed by atoms with Crippen molar-refractivity contribution in [2.45, 2.75) is 6.04 Å². The van der Waals surface area contributed by atoms with E-state index in [4.69, 9.17) is 5.84 Å². The van der Waals surface area contributed by atoms with Crippen molar-refractivity contribution in [1.82, 2.24) is 30.4 Å². The van der Waals surface area contributed by atoms with Crippen molar-refractivity contribution >= 4 is 27.0 Å². The highest BCUT2D eigenvalue weighted by Crippen LogP contribution is 2.25. The zero-order chi connectivity index (χ0) is 14.1. The van der Waals surface area contributed by atoms with Crippen LogP contribution in [0.5, 0.6) is 0 Å². The summed E-state index contributed by atoms with van der Waals surface area (Å²) in [5.74, 6) is 5.67. The van der Waals surface area contributed by atoms with E-state index in [0.29, 0.717) is 10.3 Å². The molecule has 2 heterocycles. The molecule has 0 fully saturated rings. The standard InChI is InChI=1S/C12H12BrN7/c1-20-11(12(13)18-19-20)10(17-14)9-6-15-7-4-2-3-5-8(7)16-9/h2-6,10,17H,14H2,1H3. The third kappa shape index (κ3) is 2.17. The van der Waals surface area contributed by atoms with E-state index in [-0.39, 0.29) is 6.04 Å². The molecule has 0 aliphatic heterocycles. The monoisotopic (exact) mass is 333 g/mol. The van der Waals surface area contributed by atoms with Crippen molar-refractivity contribution in [3.05, 3.63) is 46.5 Å². The Morgan fingerprint density at radius 3 is 2.70 bits per heavy atom. The maximum atomic E-state index is 5.67. The second-order valence-corrected chi connectivity index (χ2v) is 5.02. The van der Waals surface area contributed by atoms with Crippen LogP contribution < -0.4 is 11.3 Å². The highest BCUT2D eigenvalue weighted by Gasteiger charge is 2.22. The second kappa shape index (κ2) is 5.23. The lowest BCUT2D eigenvalue weighted by molar-refractivity contribution is 0.558. The first kappa shape index (κ1) is 13.1. The number of hydrazine groups is 1. The Morgan fingerprint density at radius 2 is 2.05 bits per heavy atom. The van der Waals surface area contributed by atoms with Gasteiger partial charge in [0.2, 0.25) is 0 Å². The number of aromatic nitrogens is 5. The van der Waals surface area contributed by atoms with E-state index in [1.807, 2.05) is 24.3 Å². The molecule has 0 aliphatic carbocycles. The van der Waals surface area contributed by atoms with Crippen molar-refractivity contribution in [3.63, 3.8) is 0 Å². The predicted molar refractivity (Wildman–Crippen MR) is 77.4 cm³/mol. The molecule has 102 valence electrons. The first-order valence-electron chi connectivity index (χ1n) is 5.93. The lowest BCUT2D eigenvalue weighted by Crippen LogP contribution is -2.31. The van der Waals surface area contributed by atoms with Crippen LogP contribution in [0.2, 0.25) is 0 Å². The summed E-state index contributed by atoms with van der Waals surface area (Å²) < 4.78 is 2.27. The van der Waals surface area contributed by atoms with Gasteiger partial charge in [0.25, 0.3) is 0 Å². The smallest absolute Gasteiger partial charge is 0.153 e. The van der Waals surface area contributed by atoms with E-state index in [2.05, 4.69) is 41.6 Å². The molecule has 0 amide bonds. The Balaban J connectivity index is 2.12. The number of hydrogen-bond donors (Lipinski definition) is 2. The Kier molecular flexibility index (Phi) is 3.43. The molecule has 0 bridgehead atoms. The molecule has 3 rings (SSSR count). The quantitative estimate of drug-likeness (QED) is 0.550. The molecule has 0 spiro atoms. The molecule has 3 aromatic rings. The number of rotatable bonds is 3. The normalized spacial score (nSPS) is 12.8. The highest BCUT2D eigenvalue weighted by molar-refractivity contribution is 9.10. The van der Waals surface area contributed by atoms with Gasteiger partial charge in [0.05, 0.1) is 28.6 Å². The van der Waals surface area contributed by atoms with Gasteiger partial charge in [0.15, 0.2) is 4.60 Å². The predicted octanol–water partition coefficient (Wildman–Crippen LogP) is 1.07. The number of hydrogen-bond acceptors (Lipinski definition) is 6. The van der Waals surface area contributed by atoms with Gasteiger partial charge in [-0.1, -0.05) is 17.3 Å². The van der Waals surface area contributed by atoms with Crippen LogP contribution in [-0.2, 0) is 7.05 Å². The zero-order valence-corrected chi connectivity index (χ0v) is 12.2. The zero-order valence-electron chi connectivity index (χ0n) is 10.7. The minimum Gasteiger partial charge on any atom is -0.270 e. The molecule has 7 nitrogen and oxygen atoms in total. The van der Waals surface area contributed by atoms with Crippen molar-refractivity contribution < 1.29 is 0 Å². The summed E-state index contributed by atoms with van der Waals surface area (Å²) in [4.78, 5) is 8.99. The van der Waals surface area contributed by atoms with E-state index < -0.39 is 0 Å². The van der Waals surface area contributed by atoms with E-state index >= 15 is 0 Å². The molecule has 20 heavy (non-hydrogen) atoms. The van der Waals surface area contributed by atoms with E-state index in [1.54, 1.807) is 17.9 Å². The van der Waals surface area contributed by atoms with Crippen LogP contribution in [0.15, 0.2) is 35.1 Å². The Labute approximate surface area is 123 Å². The molecule has 8 heteroatoms. The lowest BCUT2D eigenvalue weighted by Gasteiger charge is -2.15. The fourth-order valence-corrected chi connectivity index (χ4v) is 2.62. The maximum Gasteiger partial charge on any atom is 0.153 e. The van der Waals surface area contributed by atoms with Crippen LogP contribution in [-0.4, -0.2) is 25.0 Å². The summed E-state index contributed by atoms with van der Waals surface area (Å²) in [5, 5.41) is 7.91. The minimum absolute atomic E-state index is 0.346. The molecular formula is C12H12BrN7. The van der Waals surface area contributed by atoms with E-state index in [9.17, 15) is 0 Å². The van der Waals surface area contributed by atoms with E-state index in [0.717, 1.165) is 16.7 Å². The first-order valence-corrected chi connectivity index (χ1v) is 6.73. The molecule has 0 saturated heterocycles. The second-order valence-electron chi connectivity index (χ2n) is 4.27. The summed E-state index contributed by atoms with van der Waals surface area (Å²) in [5.41, 5.74) is 5.89. The summed E-state index contributed by atoms with van der Waals surface area (Å²) in [6.45, 7) is 0. The number of nitrogens with two attached hydrogens (primary N) is 1. The Bertz CT molecular complexity index is 735. The van der Waals surface area contributed by atoms with E-state index in [1.165, 1.54) is 0 Å². The maximum absolute atomic E-state index is 5.67. The fraction of sp³-hybridized carbons (Fsp3) is 0.167. The Morgan fingerprint density at radius 1 is 1.30 bits per heavy atom. The molecule has 0 saturated carbocycles. The van der Waals surface area contributed by atoms with Crippen LogP contribution in [0.3, 0.4) is 0 Å². The van der Waals surface area contributed by atoms with Gasteiger partial charge >= 0.3 is 0 Å². The molecule has 1 aromatic carbocycles. The van der Waals surface area contributed by atoms with Crippen LogP contribution in [0.25, 0.3) is 11.0 Å². The van der Waals surface area contributed by atoms with Crippen LogP contribution in [0.1, 0.15) is 17.4 Å². The molecular weight excluding hydrogens is 322 g/mol. The van der Waals surface area contributed by atoms with Crippen LogP contribution in [0, 0.1) is 0 Å². The largest absolute Gasteiger partial charge is 0.270 e. The highest BCUT2D eigenvalue weighted by atomic mass is 79.9. The fourth-order valence-electron chi connectivity index (χ4n) is 2.06. The topological polar surface area (TPSA) is 94.5 Å². The summed E-state index contributed by atoms with van der Waals surface area (Å²) in [6.07, 6.45) is 1.70. The number of fused-ring (bicyclic) bond motifs is 1. The first-order chi connectivity index (χ1) is 9.70. The number of nitrogens with one attached hydrogen (secondary N) is 1. The molecule has 1 atom stereocenters. The van der Waals surface area contributed by atoms with Crippen molar-refractivity contribution in [2.75, 3.05) is 0 Å². The number of benzene rings is 1. The average molecular weight is 334 g/mol. The van der Waals surface area contributed by atoms with Crippen molar-refractivity contribution in [3.8, 4) is 0 Å². The van der Waals surface area contributed by atoms with Crippen molar-refractivity contribution in [1.29, 1.82) is 0 Å². The summed E-state index contributed by atoms with van der Waals surface area (Å²) in [6, 6.07) is 7.33. The van der Waals surface area contributed by atoms with Gasteiger partial charge in [-0.2, -0.15) is 0 Å². The SMILES string of the molecule is Cn1nnc(Br)c1C(NN)c1cnc2ccccc2n1. The number of nitrogens with zero attached hydrogens (tertiary/aromatic N) is 5. The third-order valence-electron chi connectivity index (χ3n) is 3.03. The van der Waals surface area contributed by atoms with Gasteiger partial charge in [0, 0.05) is 7.05 Å². The molecule has 0 aliphatic rings. The molecule has 2 aromatic heterocycles. The lowest BCUT2D eigenvalue weighted by atomic mass is 10.1. The molecule has 0 radical (unpaired) electrons. The van der Waals surface area contributed by atoms with Gasteiger partial charge in [-0.25, -0.2) is 15.1 Å². The van der Waals surface area contributed by atoms with Crippen LogP contribution in [0.4, 0.5) is 0 Å². The van der Waals surface area contributed by atoms with Gasteiger partial charge in [-0.05, 0) is 28.1 Å². The molecule has 1 unspecified atom stereocenters. The van der Waals surface area contributed by atoms with Gasteiger partial charge < -0.3 is 0 Å². The third-order valence-corrected chi connectivity index (χ3v) is 3.59. The summed E-state index contributed by atoms with van der Waals surface area (Å²) in [7, 11) is 1.80. The Hall–Kier alpha value is -1.90. The van der Waals surface area contributed by atoms with Gasteiger partial charge in [0.1, 0.15) is 6.04 Å². The van der Waals surface area contributed by atoms with Crippen molar-refractivity contribution in [2.24, 2.45) is 12.9 Å². The minimum atomic E-state index is -0.346. The van der Waals surface area contributed by atoms with Gasteiger partial charge in [-0.3, -0.25) is 10.8 Å². The van der Waals surface area contributed by atoms with Crippen LogP contribution >= 0.6 is 15.9 Å². The van der Waals surface area contributed by atoms with Gasteiger partial charge in [-0.15, -0.1) is 5.10 Å².